The normalized spacial score (nSPS) is 26.0. The molecule has 1 aromatic rings. The van der Waals surface area contributed by atoms with E-state index in [1.165, 1.54) is 0 Å². The molecule has 3 heterocycles. The van der Waals surface area contributed by atoms with Gasteiger partial charge in [-0.2, -0.15) is 5.26 Å². The maximum Gasteiger partial charge on any atom is 0.251 e. The minimum Gasteiger partial charge on any atom is -0.410 e. The van der Waals surface area contributed by atoms with Gasteiger partial charge in [-0.25, -0.2) is 4.98 Å². The first-order valence-electron chi connectivity index (χ1n) is 10.3. The van der Waals surface area contributed by atoms with Crippen molar-refractivity contribution in [3.63, 3.8) is 0 Å². The molecule has 158 valence electrons. The van der Waals surface area contributed by atoms with Crippen molar-refractivity contribution in [3.05, 3.63) is 23.9 Å². The van der Waals surface area contributed by atoms with E-state index in [0.29, 0.717) is 25.1 Å². The largest absolute Gasteiger partial charge is 0.410 e. The van der Waals surface area contributed by atoms with Gasteiger partial charge in [0.1, 0.15) is 18.0 Å². The highest BCUT2D eigenvalue weighted by Gasteiger charge is 2.46. The maximum atomic E-state index is 12.5. The lowest BCUT2D eigenvalue weighted by Crippen LogP contribution is -2.60. The molecule has 0 spiro atoms. The predicted molar refractivity (Wildman–Crippen MR) is 114 cm³/mol. The second-order valence-corrected chi connectivity index (χ2v) is 14.3. The molecule has 0 saturated carbocycles. The topological polar surface area (TPSA) is 89.7 Å². The number of likely N-dealkylation sites (tertiary alicyclic amines) is 1. The first-order valence-corrected chi connectivity index (χ1v) is 13.2. The SMILES string of the molecule is CC(C)(C)[Si](C)(C)O[C@@H]1CN(c2ccc(C#N)cn2)CC[C@H]1N1CC[C@@H](O)C1=O. The summed E-state index contributed by atoms with van der Waals surface area (Å²) in [5.41, 5.74) is 0.536. The van der Waals surface area contributed by atoms with E-state index >= 15 is 0 Å². The Morgan fingerprint density at radius 2 is 2.00 bits per heavy atom. The number of carbonyl (C=O) groups excluding carboxylic acids is 1. The highest BCUT2D eigenvalue weighted by molar-refractivity contribution is 6.74. The number of aromatic nitrogens is 1. The molecule has 1 aromatic heterocycles. The molecule has 1 amide bonds. The van der Waals surface area contributed by atoms with Crippen LogP contribution in [0.4, 0.5) is 5.82 Å². The van der Waals surface area contributed by atoms with Gasteiger partial charge in [0.15, 0.2) is 8.32 Å². The monoisotopic (exact) mass is 416 g/mol. The first-order chi connectivity index (χ1) is 13.5. The summed E-state index contributed by atoms with van der Waals surface area (Å²) in [7, 11) is -2.06. The van der Waals surface area contributed by atoms with Gasteiger partial charge in [0, 0.05) is 25.8 Å². The molecule has 3 rings (SSSR count). The van der Waals surface area contributed by atoms with Crippen molar-refractivity contribution in [1.82, 2.24) is 9.88 Å². The van der Waals surface area contributed by atoms with Crippen LogP contribution < -0.4 is 4.90 Å². The van der Waals surface area contributed by atoms with Gasteiger partial charge < -0.3 is 19.3 Å². The molecule has 2 saturated heterocycles. The minimum absolute atomic E-state index is 0.0385. The Labute approximate surface area is 174 Å². The Bertz CT molecular complexity index is 785. The summed E-state index contributed by atoms with van der Waals surface area (Å²) in [6.45, 7) is 13.0. The van der Waals surface area contributed by atoms with E-state index in [0.717, 1.165) is 18.8 Å². The van der Waals surface area contributed by atoms with Crippen LogP contribution >= 0.6 is 0 Å². The molecule has 2 fully saturated rings. The number of nitrogens with zero attached hydrogens (tertiary/aromatic N) is 4. The van der Waals surface area contributed by atoms with E-state index in [9.17, 15) is 9.90 Å². The number of piperidine rings is 1. The third-order valence-corrected chi connectivity index (χ3v) is 11.1. The summed E-state index contributed by atoms with van der Waals surface area (Å²) in [5.74, 6) is 0.642. The number of pyridine rings is 1. The van der Waals surface area contributed by atoms with Gasteiger partial charge in [0.25, 0.3) is 5.91 Å². The van der Waals surface area contributed by atoms with Gasteiger partial charge in [0.2, 0.25) is 0 Å². The summed E-state index contributed by atoms with van der Waals surface area (Å²) in [5, 5.41) is 19.0. The molecule has 0 unspecified atom stereocenters. The molecular formula is C21H32N4O3Si. The standard InChI is InChI=1S/C21H32N4O3Si/c1-21(2,3)29(4,5)28-18-14-24(19-7-6-15(12-22)13-23-19)10-8-16(18)25-11-9-17(26)20(25)27/h6-7,13,16-18,26H,8-11,14H2,1-5H3/t16-,17-,18-/m1/s1. The second-order valence-electron chi connectivity index (χ2n) is 9.57. The van der Waals surface area contributed by atoms with Crippen LogP contribution in [0.5, 0.6) is 0 Å². The molecule has 0 radical (unpaired) electrons. The number of amides is 1. The first kappa shape index (κ1) is 21.7. The summed E-state index contributed by atoms with van der Waals surface area (Å²) in [6.07, 6.45) is 1.81. The summed E-state index contributed by atoms with van der Waals surface area (Å²) in [6, 6.07) is 5.70. The van der Waals surface area contributed by atoms with E-state index in [-0.39, 0.29) is 23.1 Å². The Kier molecular flexibility index (Phi) is 6.04. The lowest BCUT2D eigenvalue weighted by molar-refractivity contribution is -0.138. The van der Waals surface area contributed by atoms with Crippen LogP contribution in [0, 0.1) is 11.3 Å². The fourth-order valence-corrected chi connectivity index (χ4v) is 5.14. The lowest BCUT2D eigenvalue weighted by Gasteiger charge is -2.47. The molecule has 1 N–H and O–H groups in total. The van der Waals surface area contributed by atoms with Crippen LogP contribution in [0.2, 0.25) is 18.1 Å². The number of rotatable bonds is 4. The van der Waals surface area contributed by atoms with Crippen molar-refractivity contribution >= 4 is 20.0 Å². The Morgan fingerprint density at radius 3 is 2.52 bits per heavy atom. The van der Waals surface area contributed by atoms with Crippen LogP contribution in [-0.2, 0) is 9.22 Å². The van der Waals surface area contributed by atoms with E-state index in [2.05, 4.69) is 49.8 Å². The Morgan fingerprint density at radius 1 is 1.28 bits per heavy atom. The number of carbonyl (C=O) groups is 1. The van der Waals surface area contributed by atoms with Crippen LogP contribution in [0.1, 0.15) is 39.2 Å². The van der Waals surface area contributed by atoms with Gasteiger partial charge >= 0.3 is 0 Å². The number of aliphatic hydroxyl groups is 1. The molecule has 0 aliphatic carbocycles. The lowest BCUT2D eigenvalue weighted by atomic mass is 10.00. The van der Waals surface area contributed by atoms with Gasteiger partial charge in [-0.1, -0.05) is 20.8 Å². The zero-order valence-electron chi connectivity index (χ0n) is 18.1. The molecule has 3 atom stereocenters. The molecule has 2 aliphatic rings. The van der Waals surface area contributed by atoms with Gasteiger partial charge in [-0.15, -0.1) is 0 Å². The number of hydrogen-bond acceptors (Lipinski definition) is 6. The van der Waals surface area contributed by atoms with Gasteiger partial charge in [-0.3, -0.25) is 4.79 Å². The summed E-state index contributed by atoms with van der Waals surface area (Å²) >= 11 is 0. The molecule has 29 heavy (non-hydrogen) atoms. The average molecular weight is 417 g/mol. The van der Waals surface area contributed by atoms with E-state index in [4.69, 9.17) is 9.69 Å². The molecule has 0 bridgehead atoms. The van der Waals surface area contributed by atoms with Crippen molar-refractivity contribution in [2.45, 2.75) is 70.0 Å². The van der Waals surface area contributed by atoms with Crippen LogP contribution in [0.3, 0.4) is 0 Å². The summed E-state index contributed by atoms with van der Waals surface area (Å²) in [4.78, 5) is 20.9. The van der Waals surface area contributed by atoms with Crippen molar-refractivity contribution in [2.24, 2.45) is 0 Å². The molecular weight excluding hydrogens is 384 g/mol. The smallest absolute Gasteiger partial charge is 0.251 e. The van der Waals surface area contributed by atoms with Gasteiger partial charge in [0.05, 0.1) is 17.7 Å². The zero-order valence-corrected chi connectivity index (χ0v) is 19.1. The fourth-order valence-electron chi connectivity index (χ4n) is 3.79. The van der Waals surface area contributed by atoms with Crippen molar-refractivity contribution in [2.75, 3.05) is 24.5 Å². The third kappa shape index (κ3) is 4.47. The second kappa shape index (κ2) is 8.05. The quantitative estimate of drug-likeness (QED) is 0.759. The highest BCUT2D eigenvalue weighted by Crippen LogP contribution is 2.39. The molecule has 7 nitrogen and oxygen atoms in total. The zero-order chi connectivity index (χ0) is 21.4. The van der Waals surface area contributed by atoms with E-state index in [1.807, 2.05) is 11.0 Å². The molecule has 2 aliphatic heterocycles. The average Bonchev–Trinajstić information content (AvgIpc) is 2.99. The Balaban J connectivity index is 1.84. The summed E-state index contributed by atoms with van der Waals surface area (Å²) < 4.78 is 6.79. The van der Waals surface area contributed by atoms with Crippen molar-refractivity contribution < 1.29 is 14.3 Å². The number of hydrogen-bond donors (Lipinski definition) is 1. The maximum absolute atomic E-state index is 12.5. The van der Waals surface area contributed by atoms with Crippen LogP contribution in [-0.4, -0.2) is 67.1 Å². The number of nitriles is 1. The molecule has 0 aromatic carbocycles. The van der Waals surface area contributed by atoms with Crippen molar-refractivity contribution in [3.8, 4) is 6.07 Å². The Hall–Kier alpha value is -1.95. The predicted octanol–water partition coefficient (Wildman–Crippen LogP) is 2.52. The number of aliphatic hydroxyl groups excluding tert-OH is 1. The fraction of sp³-hybridized carbons (Fsp3) is 0.667. The number of anilines is 1. The van der Waals surface area contributed by atoms with E-state index in [1.54, 1.807) is 12.3 Å². The van der Waals surface area contributed by atoms with E-state index < -0.39 is 14.4 Å². The minimum atomic E-state index is -2.06. The third-order valence-electron chi connectivity index (χ3n) is 6.59. The van der Waals surface area contributed by atoms with Crippen LogP contribution in [0.25, 0.3) is 0 Å². The van der Waals surface area contributed by atoms with Crippen molar-refractivity contribution in [1.29, 1.82) is 5.26 Å². The highest BCUT2D eigenvalue weighted by atomic mass is 28.4. The van der Waals surface area contributed by atoms with Crippen LogP contribution in [0.15, 0.2) is 18.3 Å². The molecule has 8 heteroatoms. The van der Waals surface area contributed by atoms with Gasteiger partial charge in [-0.05, 0) is 43.1 Å².